The zero-order valence-corrected chi connectivity index (χ0v) is 13.4. The van der Waals surface area contributed by atoms with Crippen molar-refractivity contribution in [1.82, 2.24) is 0 Å². The van der Waals surface area contributed by atoms with Gasteiger partial charge in [-0.25, -0.2) is 0 Å². The van der Waals surface area contributed by atoms with Gasteiger partial charge >= 0.3 is 5.97 Å². The Bertz CT molecular complexity index is 267. The maximum atomic E-state index is 10.5. The average Bonchev–Trinajstić information content (AvgIpc) is 2.43. The van der Waals surface area contributed by atoms with Crippen LogP contribution in [0.2, 0.25) is 0 Å². The van der Waals surface area contributed by atoms with Crippen LogP contribution in [0, 0.1) is 0 Å². The van der Waals surface area contributed by atoms with Gasteiger partial charge in [0.05, 0.1) is 6.26 Å². The highest BCUT2D eigenvalue weighted by Gasteiger charge is 1.92. The van der Waals surface area contributed by atoms with Crippen molar-refractivity contribution < 1.29 is 9.53 Å². The molecule has 0 rings (SSSR count). The zero-order chi connectivity index (χ0) is 14.9. The second-order valence-electron chi connectivity index (χ2n) is 5.27. The van der Waals surface area contributed by atoms with Gasteiger partial charge in [0.25, 0.3) is 0 Å². The first-order chi connectivity index (χ1) is 9.77. The highest BCUT2D eigenvalue weighted by Crippen LogP contribution is 2.11. The monoisotopic (exact) mass is 280 g/mol. The average molecular weight is 280 g/mol. The molecule has 0 bridgehead atoms. The van der Waals surface area contributed by atoms with Gasteiger partial charge in [-0.3, -0.25) is 4.79 Å². The number of carbonyl (C=O) groups is 1. The molecule has 0 aromatic carbocycles. The van der Waals surface area contributed by atoms with E-state index in [9.17, 15) is 4.79 Å². The first kappa shape index (κ1) is 18.9. The maximum absolute atomic E-state index is 10.5. The summed E-state index contributed by atoms with van der Waals surface area (Å²) in [5.41, 5.74) is 0. The quantitative estimate of drug-likeness (QED) is 0.181. The topological polar surface area (TPSA) is 26.3 Å². The molecular weight excluding hydrogens is 248 g/mol. The molecule has 0 unspecified atom stereocenters. The van der Waals surface area contributed by atoms with E-state index in [-0.39, 0.29) is 5.97 Å². The zero-order valence-electron chi connectivity index (χ0n) is 13.4. The van der Waals surface area contributed by atoms with Crippen LogP contribution >= 0.6 is 0 Å². The summed E-state index contributed by atoms with van der Waals surface area (Å²) in [5, 5.41) is 0. The molecule has 116 valence electrons. The summed E-state index contributed by atoms with van der Waals surface area (Å²) in [5.74, 6) is -0.244. The number of unbranched alkanes of at least 4 members (excludes halogenated alkanes) is 9. The Morgan fingerprint density at radius 1 is 0.800 bits per heavy atom. The lowest BCUT2D eigenvalue weighted by atomic mass is 10.1. The Morgan fingerprint density at radius 2 is 1.30 bits per heavy atom. The van der Waals surface area contributed by atoms with Crippen LogP contribution in [-0.2, 0) is 9.53 Å². The van der Waals surface area contributed by atoms with Crippen LogP contribution in [0.3, 0.4) is 0 Å². The number of rotatable bonds is 13. The van der Waals surface area contributed by atoms with Crippen LogP contribution in [0.15, 0.2) is 24.5 Å². The van der Waals surface area contributed by atoms with E-state index in [1.807, 2.05) is 6.08 Å². The predicted octanol–water partition coefficient (Wildman–Crippen LogP) is 5.93. The molecule has 0 aromatic rings. The van der Waals surface area contributed by atoms with Crippen molar-refractivity contribution in [3.05, 3.63) is 24.5 Å². The number of ether oxygens (including phenoxy) is 1. The summed E-state index contributed by atoms with van der Waals surface area (Å²) in [6.45, 7) is 3.60. The maximum Gasteiger partial charge on any atom is 0.307 e. The van der Waals surface area contributed by atoms with Crippen molar-refractivity contribution in [3.63, 3.8) is 0 Å². The van der Waals surface area contributed by atoms with Crippen molar-refractivity contribution in [2.24, 2.45) is 0 Å². The molecule has 0 aliphatic carbocycles. The van der Waals surface area contributed by atoms with Gasteiger partial charge in [-0.15, -0.1) is 0 Å². The fourth-order valence-corrected chi connectivity index (χ4v) is 2.08. The van der Waals surface area contributed by atoms with Gasteiger partial charge in [0.2, 0.25) is 0 Å². The van der Waals surface area contributed by atoms with Gasteiger partial charge in [0.1, 0.15) is 0 Å². The fraction of sp³-hybridized carbons (Fsp3) is 0.722. The number of carbonyl (C=O) groups excluding carboxylic acids is 1. The molecular formula is C18H32O2. The van der Waals surface area contributed by atoms with Gasteiger partial charge in [0, 0.05) is 6.92 Å². The molecule has 0 saturated heterocycles. The Kier molecular flexibility index (Phi) is 15.2. The molecule has 0 fully saturated rings. The van der Waals surface area contributed by atoms with Crippen molar-refractivity contribution in [2.75, 3.05) is 0 Å². The molecule has 0 radical (unpaired) electrons. The summed E-state index contributed by atoms with van der Waals surface area (Å²) in [4.78, 5) is 10.5. The van der Waals surface area contributed by atoms with E-state index in [2.05, 4.69) is 19.1 Å². The Labute approximate surface area is 125 Å². The third-order valence-electron chi connectivity index (χ3n) is 3.22. The normalized spacial score (nSPS) is 11.5. The van der Waals surface area contributed by atoms with E-state index < -0.39 is 0 Å². The minimum absolute atomic E-state index is 0.244. The van der Waals surface area contributed by atoms with Crippen molar-refractivity contribution in [2.45, 2.75) is 84.5 Å². The smallest absolute Gasteiger partial charge is 0.307 e. The SMILES string of the molecule is CC/C=C/CCCCCCCCCC/C=C\OC(C)=O. The Morgan fingerprint density at radius 3 is 1.80 bits per heavy atom. The van der Waals surface area contributed by atoms with Crippen LogP contribution in [0.25, 0.3) is 0 Å². The lowest BCUT2D eigenvalue weighted by molar-refractivity contribution is -0.135. The number of allylic oxidation sites excluding steroid dienone is 3. The van der Waals surface area contributed by atoms with Crippen molar-refractivity contribution in [1.29, 1.82) is 0 Å². The van der Waals surface area contributed by atoms with E-state index in [0.717, 1.165) is 12.8 Å². The lowest BCUT2D eigenvalue weighted by Crippen LogP contribution is -1.89. The number of hydrogen-bond acceptors (Lipinski definition) is 2. The third kappa shape index (κ3) is 16.9. The fourth-order valence-electron chi connectivity index (χ4n) is 2.08. The highest BCUT2D eigenvalue weighted by molar-refractivity contribution is 5.66. The van der Waals surface area contributed by atoms with E-state index in [1.165, 1.54) is 71.0 Å². The second kappa shape index (κ2) is 16.0. The molecule has 2 nitrogen and oxygen atoms in total. The Hall–Kier alpha value is -1.05. The highest BCUT2D eigenvalue weighted by atomic mass is 16.5. The van der Waals surface area contributed by atoms with Crippen molar-refractivity contribution >= 4 is 5.97 Å². The van der Waals surface area contributed by atoms with E-state index >= 15 is 0 Å². The molecule has 0 atom stereocenters. The van der Waals surface area contributed by atoms with E-state index in [0.29, 0.717) is 0 Å². The summed E-state index contributed by atoms with van der Waals surface area (Å²) in [6.07, 6.45) is 22.1. The van der Waals surface area contributed by atoms with Gasteiger partial charge in [-0.2, -0.15) is 0 Å². The van der Waals surface area contributed by atoms with E-state index in [1.54, 1.807) is 0 Å². The summed E-state index contributed by atoms with van der Waals surface area (Å²) < 4.78 is 4.72. The molecule has 0 amide bonds. The molecule has 0 saturated carbocycles. The summed E-state index contributed by atoms with van der Waals surface area (Å²) in [6, 6.07) is 0. The van der Waals surface area contributed by atoms with Crippen LogP contribution in [0.1, 0.15) is 84.5 Å². The summed E-state index contributed by atoms with van der Waals surface area (Å²) >= 11 is 0. The summed E-state index contributed by atoms with van der Waals surface area (Å²) in [7, 11) is 0. The van der Waals surface area contributed by atoms with Gasteiger partial charge in [0.15, 0.2) is 0 Å². The standard InChI is InChI=1S/C18H32O2/c1-3-4-5-6-7-8-9-10-11-12-13-14-15-16-17-20-18(2)19/h4-5,16-17H,3,6-15H2,1-2H3/b5-4+,17-16-. The molecule has 0 aliphatic rings. The lowest BCUT2D eigenvalue weighted by Gasteiger charge is -2.00. The first-order valence-corrected chi connectivity index (χ1v) is 8.24. The van der Waals surface area contributed by atoms with Gasteiger partial charge in [-0.1, -0.05) is 57.6 Å². The van der Waals surface area contributed by atoms with Crippen LogP contribution < -0.4 is 0 Å². The minimum Gasteiger partial charge on any atom is -0.435 e. The largest absolute Gasteiger partial charge is 0.435 e. The minimum atomic E-state index is -0.244. The van der Waals surface area contributed by atoms with Crippen LogP contribution in [0.5, 0.6) is 0 Å². The molecule has 0 N–H and O–H groups in total. The predicted molar refractivity (Wildman–Crippen MR) is 86.5 cm³/mol. The van der Waals surface area contributed by atoms with Gasteiger partial charge < -0.3 is 4.74 Å². The number of hydrogen-bond donors (Lipinski definition) is 0. The molecule has 20 heavy (non-hydrogen) atoms. The van der Waals surface area contributed by atoms with Crippen LogP contribution in [0.4, 0.5) is 0 Å². The molecule has 0 aromatic heterocycles. The van der Waals surface area contributed by atoms with Crippen LogP contribution in [-0.4, -0.2) is 5.97 Å². The van der Waals surface area contributed by atoms with Crippen molar-refractivity contribution in [3.8, 4) is 0 Å². The first-order valence-electron chi connectivity index (χ1n) is 8.24. The molecule has 0 heterocycles. The molecule has 2 heteroatoms. The third-order valence-corrected chi connectivity index (χ3v) is 3.22. The number of esters is 1. The van der Waals surface area contributed by atoms with E-state index in [4.69, 9.17) is 4.74 Å². The van der Waals surface area contributed by atoms with Gasteiger partial charge in [-0.05, 0) is 38.2 Å². The molecule has 0 aliphatic heterocycles. The second-order valence-corrected chi connectivity index (χ2v) is 5.27. The molecule has 0 spiro atoms. The Balaban J connectivity index is 3.08.